The molecule has 0 radical (unpaired) electrons. The minimum Gasteiger partial charge on any atom is -0.477 e. The summed E-state index contributed by atoms with van der Waals surface area (Å²) in [4.78, 5) is 37.0. The van der Waals surface area contributed by atoms with Crippen molar-refractivity contribution in [2.75, 3.05) is 41.0 Å². The predicted molar refractivity (Wildman–Crippen MR) is 261 cm³/mol. The summed E-state index contributed by atoms with van der Waals surface area (Å²) in [5.41, 5.74) is 0. The molecule has 0 rings (SSSR count). The van der Waals surface area contributed by atoms with E-state index in [0.717, 1.165) is 77.0 Å². The minimum atomic E-state index is -0.897. The van der Waals surface area contributed by atoms with Crippen LogP contribution in [0.15, 0.2) is 146 Å². The second-order valence-electron chi connectivity index (χ2n) is 15.7. The van der Waals surface area contributed by atoms with Crippen molar-refractivity contribution in [1.82, 2.24) is 0 Å². The second kappa shape index (κ2) is 42.9. The smallest absolute Gasteiger partial charge is 0.362 e. The van der Waals surface area contributed by atoms with Crippen LogP contribution < -0.4 is 0 Å². The van der Waals surface area contributed by atoms with Gasteiger partial charge in [0.1, 0.15) is 6.61 Å². The van der Waals surface area contributed by atoms with Gasteiger partial charge in [-0.25, -0.2) is 4.79 Å². The number of likely N-dealkylation sites (N-methyl/N-ethyl adjacent to an activating group) is 1. The molecule has 62 heavy (non-hydrogen) atoms. The molecule has 0 aromatic carbocycles. The Morgan fingerprint density at radius 1 is 0.500 bits per heavy atom. The molecule has 0 aliphatic heterocycles. The van der Waals surface area contributed by atoms with Gasteiger partial charge in [-0.05, 0) is 83.5 Å². The zero-order valence-corrected chi connectivity index (χ0v) is 39.0. The molecule has 0 aliphatic rings. The van der Waals surface area contributed by atoms with Gasteiger partial charge in [0.2, 0.25) is 0 Å². The fourth-order valence-electron chi connectivity index (χ4n) is 5.65. The van der Waals surface area contributed by atoms with E-state index in [1.165, 1.54) is 0 Å². The Morgan fingerprint density at radius 2 is 0.935 bits per heavy atom. The molecule has 0 aromatic heterocycles. The van der Waals surface area contributed by atoms with E-state index in [2.05, 4.69) is 98.9 Å². The number of ether oxygens (including phenoxy) is 3. The summed E-state index contributed by atoms with van der Waals surface area (Å²) in [7, 11) is 5.48. The number of carbonyl (C=O) groups excluding carboxylic acids is 2. The fraction of sp³-hybridized carbons (Fsp3) is 0.500. The van der Waals surface area contributed by atoms with Crippen molar-refractivity contribution in [3.05, 3.63) is 146 Å². The maximum absolute atomic E-state index is 12.7. The summed E-state index contributed by atoms with van der Waals surface area (Å²) >= 11 is 0. The molecule has 2 atom stereocenters. The Kier molecular flexibility index (Phi) is 39.6. The molecule has 344 valence electrons. The van der Waals surface area contributed by atoms with Gasteiger partial charge >= 0.3 is 17.9 Å². The molecule has 0 aromatic rings. The molecule has 0 fully saturated rings. The van der Waals surface area contributed by atoms with E-state index in [9.17, 15) is 19.5 Å². The molecule has 2 unspecified atom stereocenters. The normalized spacial score (nSPS) is 14.3. The van der Waals surface area contributed by atoms with Crippen molar-refractivity contribution >= 4 is 17.9 Å². The van der Waals surface area contributed by atoms with E-state index in [4.69, 9.17) is 14.2 Å². The highest BCUT2D eigenvalue weighted by Gasteiger charge is 2.31. The Bertz CT molecular complexity index is 1510. The van der Waals surface area contributed by atoms with Crippen LogP contribution in [-0.4, -0.2) is 80.6 Å². The van der Waals surface area contributed by atoms with E-state index in [-0.39, 0.29) is 49.1 Å². The van der Waals surface area contributed by atoms with Gasteiger partial charge in [-0.3, -0.25) is 9.59 Å². The van der Waals surface area contributed by atoms with Crippen molar-refractivity contribution in [3.8, 4) is 0 Å². The van der Waals surface area contributed by atoms with Crippen molar-refractivity contribution in [1.29, 1.82) is 0 Å². The average Bonchev–Trinajstić information content (AvgIpc) is 3.23. The fourth-order valence-corrected chi connectivity index (χ4v) is 5.65. The van der Waals surface area contributed by atoms with Gasteiger partial charge in [-0.15, -0.1) is 0 Å². The first-order valence-electron chi connectivity index (χ1n) is 23.0. The number of carbonyl (C=O) groups is 3. The van der Waals surface area contributed by atoms with Crippen molar-refractivity contribution in [3.63, 3.8) is 0 Å². The molecule has 1 N–H and O–H groups in total. The van der Waals surface area contributed by atoms with E-state index in [0.29, 0.717) is 19.3 Å². The van der Waals surface area contributed by atoms with E-state index >= 15 is 0 Å². The zero-order valence-electron chi connectivity index (χ0n) is 39.0. The van der Waals surface area contributed by atoms with Crippen molar-refractivity contribution in [2.45, 2.75) is 135 Å². The molecule has 0 aliphatic carbocycles. The average molecular weight is 857 g/mol. The molecule has 0 spiro atoms. The van der Waals surface area contributed by atoms with Gasteiger partial charge in [-0.1, -0.05) is 166 Å². The van der Waals surface area contributed by atoms with Gasteiger partial charge in [0.15, 0.2) is 12.1 Å². The Labute approximate surface area is 376 Å². The molecule has 0 saturated heterocycles. The Hall–Kier alpha value is -4.79. The largest absolute Gasteiger partial charge is 0.477 e. The number of hydrogen-bond donors (Lipinski definition) is 1. The van der Waals surface area contributed by atoms with Crippen LogP contribution in [0.1, 0.15) is 123 Å². The van der Waals surface area contributed by atoms with Gasteiger partial charge in [0, 0.05) is 19.3 Å². The molecule has 8 heteroatoms. The molecule has 0 amide bonds. The third kappa shape index (κ3) is 40.6. The maximum Gasteiger partial charge on any atom is 0.362 e. The van der Waals surface area contributed by atoms with Gasteiger partial charge < -0.3 is 23.8 Å². The second-order valence-corrected chi connectivity index (χ2v) is 15.7. The molecular weight excluding hydrogens is 775 g/mol. The third-order valence-electron chi connectivity index (χ3n) is 9.15. The quantitative estimate of drug-likeness (QED) is 0.0217. The van der Waals surface area contributed by atoms with E-state index in [1.54, 1.807) is 0 Å². The van der Waals surface area contributed by atoms with Gasteiger partial charge in [0.05, 0.1) is 34.4 Å². The lowest BCUT2D eigenvalue weighted by atomic mass is 10.1. The summed E-state index contributed by atoms with van der Waals surface area (Å²) < 4.78 is 17.2. The van der Waals surface area contributed by atoms with Crippen LogP contribution in [0.5, 0.6) is 0 Å². The first-order chi connectivity index (χ1) is 30.1. The van der Waals surface area contributed by atoms with Crippen LogP contribution in [0, 0.1) is 0 Å². The summed E-state index contributed by atoms with van der Waals surface area (Å²) in [6, 6.07) is -0.641. The van der Waals surface area contributed by atoms with Crippen LogP contribution >= 0.6 is 0 Å². The summed E-state index contributed by atoms with van der Waals surface area (Å²) in [5, 5.41) is 9.63. The zero-order chi connectivity index (χ0) is 45.6. The van der Waals surface area contributed by atoms with Crippen LogP contribution in [0.3, 0.4) is 0 Å². The number of quaternary nitrogens is 1. The lowest BCUT2D eigenvalue weighted by molar-refractivity contribution is -0.887. The van der Waals surface area contributed by atoms with Crippen LogP contribution in [-0.2, 0) is 28.6 Å². The van der Waals surface area contributed by atoms with Crippen LogP contribution in [0.2, 0.25) is 0 Å². The Balaban J connectivity index is 4.53. The summed E-state index contributed by atoms with van der Waals surface area (Å²) in [6.07, 6.45) is 63.2. The van der Waals surface area contributed by atoms with E-state index < -0.39 is 18.1 Å². The highest BCUT2D eigenvalue weighted by molar-refractivity contribution is 5.72. The molecule has 0 saturated carbocycles. The number of esters is 2. The summed E-state index contributed by atoms with van der Waals surface area (Å²) in [6.45, 7) is 4.34. The number of unbranched alkanes of at least 4 members (excludes halogenated alkanes) is 5. The number of hydrogen-bond acceptors (Lipinski definition) is 6. The predicted octanol–water partition coefficient (Wildman–Crippen LogP) is 13.0. The van der Waals surface area contributed by atoms with E-state index in [1.807, 2.05) is 81.9 Å². The van der Waals surface area contributed by atoms with Crippen molar-refractivity contribution < 1.29 is 38.2 Å². The number of carboxylic acids is 1. The molecule has 0 heterocycles. The number of aliphatic carboxylic acids is 1. The number of rotatable bonds is 38. The molecule has 0 bridgehead atoms. The van der Waals surface area contributed by atoms with Gasteiger partial charge in [-0.2, -0.15) is 0 Å². The minimum absolute atomic E-state index is 0.0165. The lowest BCUT2D eigenvalue weighted by Crippen LogP contribution is -2.50. The Morgan fingerprint density at radius 3 is 1.45 bits per heavy atom. The SMILES string of the molecule is CC/C=C/C=C/C=C/C=C/C=C/C=C/CCCCCC(=O)OC(COCCC(C(=O)O)[N+](C)(C)C)COC(=O)CCCC/C=C/C/C=C/C/C=C/C/C=C/C/C=C/C/C=C/CC. The summed E-state index contributed by atoms with van der Waals surface area (Å²) in [5.74, 6) is -1.61. The van der Waals surface area contributed by atoms with Crippen molar-refractivity contribution in [2.24, 2.45) is 0 Å². The first-order valence-corrected chi connectivity index (χ1v) is 23.0. The highest BCUT2D eigenvalue weighted by atomic mass is 16.6. The topological polar surface area (TPSA) is 99.1 Å². The maximum atomic E-state index is 12.7. The number of carboxylic acid groups (broad SMARTS) is 1. The number of nitrogens with zero attached hydrogens (tertiary/aromatic N) is 1. The third-order valence-corrected chi connectivity index (χ3v) is 9.15. The monoisotopic (exact) mass is 857 g/mol. The molecular formula is C54H82NO7+. The van der Waals surface area contributed by atoms with Crippen LogP contribution in [0.4, 0.5) is 0 Å². The standard InChI is InChI=1S/C54H81NO7/c1-6-8-10-12-14-16-18-20-22-24-25-26-27-29-30-32-34-36-38-40-42-44-52(56)61-49-50(48-60-47-46-51(54(58)59)55(3,4)5)62-53(57)45-43-41-39-37-35-33-31-28-23-21-19-17-15-13-11-9-7-2/h8-11,13-17,19-23,25-26,28-31,33-36,50-51H,6-7,12,18,24,27,32,37-49H2,1-5H3/p+1/b10-8+,11-9+,15-13+,16-14+,19-17+,22-20+,23-21+,26-25+,30-29+,31-28+,35-33+,36-34+. The van der Waals surface area contributed by atoms with Crippen LogP contribution in [0.25, 0.3) is 0 Å². The highest BCUT2D eigenvalue weighted by Crippen LogP contribution is 2.11. The first kappa shape index (κ1) is 57.2. The number of allylic oxidation sites excluding steroid dienone is 24. The lowest BCUT2D eigenvalue weighted by Gasteiger charge is -2.31. The van der Waals surface area contributed by atoms with Gasteiger partial charge in [0.25, 0.3) is 0 Å². The molecule has 8 nitrogen and oxygen atoms in total.